The second-order valence-corrected chi connectivity index (χ2v) is 4.98. The topological polar surface area (TPSA) is 136 Å². The van der Waals surface area contributed by atoms with Gasteiger partial charge in [-0.1, -0.05) is 12.1 Å². The van der Waals surface area contributed by atoms with E-state index < -0.39 is 42.6 Å². The fraction of sp³-hybridized carbons (Fsp3) is 0.375. The third-order valence-corrected chi connectivity index (χ3v) is 3.07. The monoisotopic (exact) mass is 354 g/mol. The highest BCUT2D eigenvalue weighted by molar-refractivity contribution is 5.90. The van der Waals surface area contributed by atoms with Gasteiger partial charge in [-0.15, -0.1) is 0 Å². The van der Waals surface area contributed by atoms with Crippen LogP contribution in [0.5, 0.6) is 5.75 Å². The lowest BCUT2D eigenvalue weighted by Gasteiger charge is -2.17. The van der Waals surface area contributed by atoms with E-state index in [4.69, 9.17) is 24.4 Å². The molecule has 0 amide bonds. The molecule has 1 aromatic carbocycles. The van der Waals surface area contributed by atoms with Crippen molar-refractivity contribution >= 4 is 23.9 Å². The summed E-state index contributed by atoms with van der Waals surface area (Å²) in [4.78, 5) is 43.7. The standard InChI is InChI=1S/C16H18O9/c1-23-12-4-2-10(3-5-12)11(8-24-15(21)6-13(17)18)9-25-16(22)7-14(19)20/h2-5,11H,6-9H2,1H3,(H,17,18)(H,19,20). The predicted molar refractivity (Wildman–Crippen MR) is 82.2 cm³/mol. The van der Waals surface area contributed by atoms with Crippen molar-refractivity contribution in [2.75, 3.05) is 20.3 Å². The van der Waals surface area contributed by atoms with Gasteiger partial charge in [0.2, 0.25) is 0 Å². The van der Waals surface area contributed by atoms with Crippen LogP contribution in [0.1, 0.15) is 24.3 Å². The number of benzene rings is 1. The van der Waals surface area contributed by atoms with E-state index in [-0.39, 0.29) is 13.2 Å². The first kappa shape index (κ1) is 19.9. The highest BCUT2D eigenvalue weighted by atomic mass is 16.5. The summed E-state index contributed by atoms with van der Waals surface area (Å²) in [5, 5.41) is 17.1. The number of carboxylic acids is 2. The summed E-state index contributed by atoms with van der Waals surface area (Å²) in [5.74, 6) is -4.49. The van der Waals surface area contributed by atoms with E-state index in [1.54, 1.807) is 24.3 Å². The maximum Gasteiger partial charge on any atom is 0.317 e. The Hall–Kier alpha value is -3.10. The minimum Gasteiger partial charge on any atom is -0.497 e. The molecule has 0 radical (unpaired) electrons. The van der Waals surface area contributed by atoms with Gasteiger partial charge in [0.1, 0.15) is 31.8 Å². The number of rotatable bonds is 10. The smallest absolute Gasteiger partial charge is 0.317 e. The van der Waals surface area contributed by atoms with Crippen molar-refractivity contribution in [1.29, 1.82) is 0 Å². The highest BCUT2D eigenvalue weighted by Crippen LogP contribution is 2.21. The molecule has 0 aromatic heterocycles. The lowest BCUT2D eigenvalue weighted by atomic mass is 10.0. The quantitative estimate of drug-likeness (QED) is 0.462. The third-order valence-electron chi connectivity index (χ3n) is 3.07. The van der Waals surface area contributed by atoms with Gasteiger partial charge in [0.05, 0.1) is 13.0 Å². The normalized spacial score (nSPS) is 10.2. The van der Waals surface area contributed by atoms with Gasteiger partial charge in [0.25, 0.3) is 0 Å². The second kappa shape index (κ2) is 9.91. The van der Waals surface area contributed by atoms with E-state index in [0.29, 0.717) is 11.3 Å². The molecule has 2 N–H and O–H groups in total. The fourth-order valence-corrected chi connectivity index (χ4v) is 1.85. The minimum absolute atomic E-state index is 0.223. The van der Waals surface area contributed by atoms with Crippen molar-refractivity contribution in [2.24, 2.45) is 0 Å². The van der Waals surface area contributed by atoms with Gasteiger partial charge in [-0.2, -0.15) is 0 Å². The molecule has 0 unspecified atom stereocenters. The highest BCUT2D eigenvalue weighted by Gasteiger charge is 2.19. The Balaban J connectivity index is 2.74. The van der Waals surface area contributed by atoms with Crippen LogP contribution in [0.15, 0.2) is 24.3 Å². The van der Waals surface area contributed by atoms with Gasteiger partial charge >= 0.3 is 23.9 Å². The number of hydrogen-bond donors (Lipinski definition) is 2. The summed E-state index contributed by atoms with van der Waals surface area (Å²) in [6, 6.07) is 6.64. The fourth-order valence-electron chi connectivity index (χ4n) is 1.85. The number of methoxy groups -OCH3 is 1. The molecule has 25 heavy (non-hydrogen) atoms. The molecule has 0 saturated carbocycles. The maximum absolute atomic E-state index is 11.4. The molecule has 1 aromatic rings. The van der Waals surface area contributed by atoms with Crippen LogP contribution in [0.4, 0.5) is 0 Å². The molecule has 0 atom stereocenters. The molecule has 0 aliphatic carbocycles. The SMILES string of the molecule is COc1ccc(C(COC(=O)CC(=O)O)COC(=O)CC(=O)O)cc1. The van der Waals surface area contributed by atoms with Crippen molar-refractivity contribution < 1.29 is 43.6 Å². The molecular formula is C16H18O9. The van der Waals surface area contributed by atoms with Gasteiger partial charge in [0.15, 0.2) is 0 Å². The Morgan fingerprint density at radius 2 is 1.32 bits per heavy atom. The minimum atomic E-state index is -1.32. The summed E-state index contributed by atoms with van der Waals surface area (Å²) >= 11 is 0. The Bertz CT molecular complexity index is 589. The molecule has 0 spiro atoms. The lowest BCUT2D eigenvalue weighted by molar-refractivity contribution is -0.152. The van der Waals surface area contributed by atoms with Crippen LogP contribution in [-0.2, 0) is 28.7 Å². The molecule has 1 rings (SSSR count). The van der Waals surface area contributed by atoms with Gasteiger partial charge < -0.3 is 24.4 Å². The summed E-state index contributed by atoms with van der Waals surface area (Å²) < 4.78 is 14.8. The number of carboxylic acid groups (broad SMARTS) is 2. The molecule has 0 aliphatic heterocycles. The molecular weight excluding hydrogens is 336 g/mol. The van der Waals surface area contributed by atoms with Crippen LogP contribution in [0.2, 0.25) is 0 Å². The Labute approximate surface area is 143 Å². The Kier molecular flexibility index (Phi) is 7.91. The summed E-state index contributed by atoms with van der Waals surface area (Å²) in [7, 11) is 1.49. The van der Waals surface area contributed by atoms with Crippen molar-refractivity contribution in [3.8, 4) is 5.75 Å². The van der Waals surface area contributed by atoms with Crippen molar-refractivity contribution in [2.45, 2.75) is 18.8 Å². The van der Waals surface area contributed by atoms with E-state index in [0.717, 1.165) is 0 Å². The lowest BCUT2D eigenvalue weighted by Crippen LogP contribution is -2.21. The van der Waals surface area contributed by atoms with E-state index in [9.17, 15) is 19.2 Å². The number of ether oxygens (including phenoxy) is 3. The maximum atomic E-state index is 11.4. The molecule has 136 valence electrons. The predicted octanol–water partition coefficient (Wildman–Crippen LogP) is 0.815. The van der Waals surface area contributed by atoms with Gasteiger partial charge in [-0.3, -0.25) is 19.2 Å². The average Bonchev–Trinajstić information content (AvgIpc) is 2.53. The van der Waals surface area contributed by atoms with Crippen LogP contribution in [-0.4, -0.2) is 54.4 Å². The van der Waals surface area contributed by atoms with Crippen LogP contribution >= 0.6 is 0 Å². The molecule has 0 bridgehead atoms. The summed E-state index contributed by atoms with van der Waals surface area (Å²) in [6.07, 6.45) is -1.57. The van der Waals surface area contributed by atoms with Gasteiger partial charge in [-0.05, 0) is 17.7 Å². The molecule has 0 fully saturated rings. The average molecular weight is 354 g/mol. The van der Waals surface area contributed by atoms with E-state index in [1.165, 1.54) is 7.11 Å². The van der Waals surface area contributed by atoms with Crippen molar-refractivity contribution in [3.05, 3.63) is 29.8 Å². The van der Waals surface area contributed by atoms with Crippen LogP contribution in [0.3, 0.4) is 0 Å². The molecule has 0 saturated heterocycles. The number of esters is 2. The van der Waals surface area contributed by atoms with Crippen LogP contribution in [0.25, 0.3) is 0 Å². The molecule has 9 nitrogen and oxygen atoms in total. The largest absolute Gasteiger partial charge is 0.497 e. The number of carbonyl (C=O) groups excluding carboxylic acids is 2. The first-order chi connectivity index (χ1) is 11.8. The Morgan fingerprint density at radius 1 is 0.880 bits per heavy atom. The third kappa shape index (κ3) is 7.82. The van der Waals surface area contributed by atoms with Crippen molar-refractivity contribution in [1.82, 2.24) is 0 Å². The number of aliphatic carboxylic acids is 2. The van der Waals surface area contributed by atoms with E-state index in [1.807, 2.05) is 0 Å². The first-order valence-electron chi connectivity index (χ1n) is 7.20. The van der Waals surface area contributed by atoms with Gasteiger partial charge in [-0.25, -0.2) is 0 Å². The van der Waals surface area contributed by atoms with E-state index in [2.05, 4.69) is 0 Å². The van der Waals surface area contributed by atoms with Crippen LogP contribution in [0, 0.1) is 0 Å². The molecule has 0 aliphatic rings. The van der Waals surface area contributed by atoms with Crippen molar-refractivity contribution in [3.63, 3.8) is 0 Å². The van der Waals surface area contributed by atoms with Gasteiger partial charge in [0, 0.05) is 0 Å². The molecule has 0 heterocycles. The number of carbonyl (C=O) groups is 4. The summed E-state index contributed by atoms with van der Waals surface area (Å²) in [6.45, 7) is -0.447. The summed E-state index contributed by atoms with van der Waals surface area (Å²) in [5.41, 5.74) is 0.645. The first-order valence-corrected chi connectivity index (χ1v) is 7.20. The zero-order valence-electron chi connectivity index (χ0n) is 13.5. The Morgan fingerprint density at radius 3 is 1.68 bits per heavy atom. The number of hydrogen-bond acceptors (Lipinski definition) is 7. The second-order valence-electron chi connectivity index (χ2n) is 4.98. The zero-order valence-corrected chi connectivity index (χ0v) is 13.5. The van der Waals surface area contributed by atoms with E-state index >= 15 is 0 Å². The van der Waals surface area contributed by atoms with Crippen LogP contribution < -0.4 is 4.74 Å². The molecule has 9 heteroatoms. The zero-order chi connectivity index (χ0) is 18.8.